The molecule has 6 heterocycles. The summed E-state index contributed by atoms with van der Waals surface area (Å²) in [5.41, 5.74) is 2.42. The SMILES string of the molecule is CC(C)OC(=O)[C@H](C)N[P@](=S)(OC[C@H]1O[C@@H](n2ccc(=O)[nH]c2=O)[C@](C)(O)[C@@H]1O)Oc1ccccc1.COC(=O)N[C@H](C(=O)N1CCC[C@H]1c1ncc(-c2ccc(-c3ccc(-c4cnc([C@@H]5CCCN5C(=O)[C@@H](NC(=O)OC)C(C)C)[nH]4)cc3)cc2)[nH]1)C(C)C. The molecule has 9 rings (SSSR count). The lowest BCUT2D eigenvalue weighted by molar-refractivity contribution is -0.149. The smallest absolute Gasteiger partial charge is 0.407 e. The van der Waals surface area contributed by atoms with Crippen molar-refractivity contribution in [1.82, 2.24) is 55.0 Å². The maximum absolute atomic E-state index is 13.5. The largest absolute Gasteiger partial charge is 0.462 e. The van der Waals surface area contributed by atoms with Crippen molar-refractivity contribution in [3.63, 3.8) is 0 Å². The molecule has 10 atom stereocenters. The van der Waals surface area contributed by atoms with Crippen molar-refractivity contribution in [3.8, 4) is 39.4 Å². The van der Waals surface area contributed by atoms with E-state index in [1.54, 1.807) is 73.3 Å². The first kappa shape index (κ1) is 67.9. The molecule has 0 bridgehead atoms. The van der Waals surface area contributed by atoms with Crippen LogP contribution in [0.5, 0.6) is 5.75 Å². The summed E-state index contributed by atoms with van der Waals surface area (Å²) in [6.07, 6.45) is 2.47. The van der Waals surface area contributed by atoms with Crippen LogP contribution in [-0.4, -0.2) is 155 Å². The first-order chi connectivity index (χ1) is 42.8. The summed E-state index contributed by atoms with van der Waals surface area (Å²) in [4.78, 5) is 109. The zero-order valence-electron chi connectivity index (χ0n) is 51.9. The molecule has 28 heteroatoms. The van der Waals surface area contributed by atoms with E-state index in [9.17, 15) is 43.8 Å². The molecule has 6 aromatic rings. The first-order valence-electron chi connectivity index (χ1n) is 29.8. The van der Waals surface area contributed by atoms with E-state index in [0.29, 0.717) is 18.8 Å². The Morgan fingerprint density at radius 1 is 0.722 bits per heavy atom. The van der Waals surface area contributed by atoms with Crippen molar-refractivity contribution in [2.75, 3.05) is 33.9 Å². The summed E-state index contributed by atoms with van der Waals surface area (Å²) >= 11 is 5.63. The van der Waals surface area contributed by atoms with E-state index in [-0.39, 0.29) is 48.4 Å². The highest BCUT2D eigenvalue weighted by molar-refractivity contribution is 8.09. The Balaban J connectivity index is 0.000000252. The topological polar surface area (TPSA) is 336 Å². The van der Waals surface area contributed by atoms with Gasteiger partial charge in [-0.05, 0) is 111 Å². The lowest BCUT2D eigenvalue weighted by Crippen LogP contribution is -2.51. The van der Waals surface area contributed by atoms with Crippen LogP contribution in [0.4, 0.5) is 9.59 Å². The summed E-state index contributed by atoms with van der Waals surface area (Å²) in [7, 11) is 2.58. The van der Waals surface area contributed by atoms with Gasteiger partial charge in [-0.2, -0.15) is 0 Å². The number of aromatic amines is 3. The minimum atomic E-state index is -3.43. The van der Waals surface area contributed by atoms with Crippen LogP contribution in [0.2, 0.25) is 0 Å². The van der Waals surface area contributed by atoms with Crippen LogP contribution in [0.25, 0.3) is 33.6 Å². The Kier molecular flexibility index (Phi) is 22.4. The van der Waals surface area contributed by atoms with E-state index >= 15 is 0 Å². The van der Waals surface area contributed by atoms with Crippen molar-refractivity contribution in [2.45, 2.75) is 141 Å². The van der Waals surface area contributed by atoms with E-state index in [4.69, 9.17) is 39.8 Å². The number of benzene rings is 3. The molecule has 0 unspecified atom stereocenters. The molecular weight excluding hydrogens is 1200 g/mol. The van der Waals surface area contributed by atoms with Gasteiger partial charge in [0.1, 0.15) is 53.3 Å². The van der Waals surface area contributed by atoms with Crippen LogP contribution < -0.4 is 31.5 Å². The van der Waals surface area contributed by atoms with Gasteiger partial charge in [-0.15, -0.1) is 0 Å². The number of carbonyl (C=O) groups excluding carboxylic acids is 5. The fourth-order valence-electron chi connectivity index (χ4n) is 10.9. The maximum atomic E-state index is 13.5. The predicted octanol–water partition coefficient (Wildman–Crippen LogP) is 7.02. The molecule has 0 aliphatic carbocycles. The Bertz CT molecular complexity index is 3470. The number of nitrogens with one attached hydrogen (secondary N) is 6. The van der Waals surface area contributed by atoms with Gasteiger partial charge in [0.05, 0.1) is 62.8 Å². The van der Waals surface area contributed by atoms with Gasteiger partial charge in [0.2, 0.25) is 11.8 Å². The second-order valence-corrected chi connectivity index (χ2v) is 26.5. The number of imidazole rings is 2. The summed E-state index contributed by atoms with van der Waals surface area (Å²) in [5.74, 6) is 0.782. The van der Waals surface area contributed by atoms with Gasteiger partial charge in [-0.25, -0.2) is 29.4 Å². The van der Waals surface area contributed by atoms with Gasteiger partial charge in [-0.1, -0.05) is 94.4 Å². The number of hydrogen-bond donors (Lipinski definition) is 8. The van der Waals surface area contributed by atoms with E-state index in [1.807, 2.05) is 52.0 Å². The summed E-state index contributed by atoms with van der Waals surface area (Å²) < 4.78 is 33.2. The molecule has 26 nitrogen and oxygen atoms in total. The minimum absolute atomic E-state index is 0.104. The number of likely N-dealkylation sites (tertiary alicyclic amines) is 2. The second kappa shape index (κ2) is 29.7. The number of ether oxygens (including phenoxy) is 4. The van der Waals surface area contributed by atoms with Crippen LogP contribution in [0, 0.1) is 11.8 Å². The molecule has 90 heavy (non-hydrogen) atoms. The third kappa shape index (κ3) is 16.3. The molecule has 484 valence electrons. The highest BCUT2D eigenvalue weighted by Gasteiger charge is 2.54. The number of amides is 4. The Hall–Kier alpha value is -8.04. The molecule has 3 saturated heterocycles. The standard InChI is InChI=1S/C40H50N8O6.C22H30N3O9PS/c1-23(2)33(45-39(51)53-5)37(49)47-19-7-9-31(47)35-41-21-29(43-35)27-15-11-25(12-16-27)26-13-17-28(18-14-26)30-22-42-36(44-30)32-10-8-20-48(32)38(50)34(24(3)4)46-40(52)54-6;1-13(2)32-19(28)14(3)24-35(36,34-15-8-6-5-7-9-15)31-12-16-18(27)22(4,30)20(33-16)25-11-10-17(26)23-21(25)29/h11-18,21-24,31-34H,7-10,19-20H2,1-6H3,(H,41,43)(H,42,44)(H,45,51)(H,46,52);5-11,13-14,16,18,20,27,30H,12H2,1-4H3,(H,24,36)(H,23,26,29)/t31-,32-,33-,34-;14-,16+,18+,20+,22+,35-/m00/s1. The lowest BCUT2D eigenvalue weighted by Gasteiger charge is -2.30. The fraction of sp³-hybridized carbons (Fsp3) is 0.468. The average molecular weight is 1280 g/mol. The number of rotatable bonds is 21. The van der Waals surface area contributed by atoms with Gasteiger partial charge in [0.15, 0.2) is 6.23 Å². The maximum Gasteiger partial charge on any atom is 0.407 e. The summed E-state index contributed by atoms with van der Waals surface area (Å²) in [5, 5.41) is 29.9. The highest BCUT2D eigenvalue weighted by Crippen LogP contribution is 2.47. The van der Waals surface area contributed by atoms with E-state index < -0.39 is 78.2 Å². The molecule has 0 radical (unpaired) electrons. The van der Waals surface area contributed by atoms with Crippen molar-refractivity contribution in [1.29, 1.82) is 0 Å². The Morgan fingerprint density at radius 2 is 1.20 bits per heavy atom. The van der Waals surface area contributed by atoms with Crippen LogP contribution in [0.15, 0.2) is 113 Å². The number of para-hydroxylation sites is 1. The molecule has 8 N–H and O–H groups in total. The fourth-order valence-corrected chi connectivity index (χ4v) is 13.3. The monoisotopic (exact) mass is 1280 g/mol. The number of aliphatic hydroxyl groups excluding tert-OH is 1. The normalized spacial score (nSPS) is 21.4. The van der Waals surface area contributed by atoms with E-state index in [2.05, 4.69) is 64.9 Å². The van der Waals surface area contributed by atoms with Crippen molar-refractivity contribution < 1.29 is 62.2 Å². The Labute approximate surface area is 526 Å². The number of H-pyrrole nitrogens is 3. The van der Waals surface area contributed by atoms with Gasteiger partial charge in [0, 0.05) is 25.4 Å². The molecular formula is C62H80N11O15PS. The number of carbonyl (C=O) groups is 5. The predicted molar refractivity (Wildman–Crippen MR) is 336 cm³/mol. The Morgan fingerprint density at radius 3 is 1.64 bits per heavy atom. The molecule has 3 aliphatic heterocycles. The molecule has 3 aromatic carbocycles. The zero-order chi connectivity index (χ0) is 65.2. The molecule has 3 aliphatic rings. The molecule has 4 amide bonds. The van der Waals surface area contributed by atoms with E-state index in [0.717, 1.165) is 87.8 Å². The highest BCUT2D eigenvalue weighted by atomic mass is 32.5. The first-order valence-corrected chi connectivity index (χ1v) is 32.4. The van der Waals surface area contributed by atoms with E-state index in [1.165, 1.54) is 21.1 Å². The zero-order valence-corrected chi connectivity index (χ0v) is 53.6. The second-order valence-electron chi connectivity index (χ2n) is 23.4. The summed E-state index contributed by atoms with van der Waals surface area (Å²) in [6.45, 7) is 11.3. The molecule has 3 fully saturated rings. The van der Waals surface area contributed by atoms with Gasteiger partial charge in [0.25, 0.3) is 5.56 Å². The van der Waals surface area contributed by atoms with Gasteiger partial charge < -0.3 is 68.6 Å². The van der Waals surface area contributed by atoms with Crippen molar-refractivity contribution in [3.05, 3.63) is 136 Å². The van der Waals surface area contributed by atoms with Gasteiger partial charge in [-0.3, -0.25) is 28.7 Å². The number of aromatic nitrogens is 6. The number of methoxy groups -OCH3 is 2. The van der Waals surface area contributed by atoms with Crippen LogP contribution in [-0.2, 0) is 49.7 Å². The number of esters is 1. The lowest BCUT2D eigenvalue weighted by atomic mass is 9.96. The molecule has 0 spiro atoms. The van der Waals surface area contributed by atoms with Gasteiger partial charge >= 0.3 is 30.5 Å². The average Bonchev–Trinajstić information content (AvgIpc) is 2.20. The minimum Gasteiger partial charge on any atom is -0.462 e. The number of aliphatic hydroxyl groups is 2. The number of alkyl carbamates (subject to hydrolysis) is 2. The molecule has 0 saturated carbocycles. The van der Waals surface area contributed by atoms with Crippen LogP contribution >= 0.6 is 6.64 Å². The van der Waals surface area contributed by atoms with Crippen LogP contribution in [0.1, 0.15) is 111 Å². The number of nitrogens with zero attached hydrogens (tertiary/aromatic N) is 5. The quantitative estimate of drug-likeness (QED) is 0.0204. The summed E-state index contributed by atoms with van der Waals surface area (Å²) in [6, 6.07) is 23.5. The molecule has 3 aromatic heterocycles. The van der Waals surface area contributed by atoms with Crippen molar-refractivity contribution in [2.24, 2.45) is 11.8 Å². The third-order valence-electron chi connectivity index (χ3n) is 15.7. The third-order valence-corrected chi connectivity index (χ3v) is 18.2. The van der Waals surface area contributed by atoms with Crippen LogP contribution in [0.3, 0.4) is 0 Å². The van der Waals surface area contributed by atoms with Crippen molar-refractivity contribution >= 4 is 48.4 Å². The number of hydrogen-bond acceptors (Lipinski definition) is 18.